The Hall–Kier alpha value is -3.41. The third-order valence-corrected chi connectivity index (χ3v) is 4.22. The molecule has 1 N–H and O–H groups in total. The van der Waals surface area contributed by atoms with E-state index in [2.05, 4.69) is 42.1 Å². The highest BCUT2D eigenvalue weighted by molar-refractivity contribution is 5.96. The van der Waals surface area contributed by atoms with Gasteiger partial charge in [0.25, 0.3) is 5.91 Å². The minimum Gasteiger partial charge on any atom is -0.492 e. The fourth-order valence-electron chi connectivity index (χ4n) is 2.65. The van der Waals surface area contributed by atoms with Crippen molar-refractivity contribution in [2.45, 2.75) is 26.2 Å². The standard InChI is InChI=1S/C23H25N3O3/c1-23(2,3)17-7-4-8-18(15-17)28-14-13-25-21(27)20-10-6-12-26-22(20)29-19-9-5-11-24-16-19/h4-12,15-16H,13-14H2,1-3H3,(H,25,27). The Kier molecular flexibility index (Phi) is 6.44. The van der Waals surface area contributed by atoms with Crippen molar-refractivity contribution >= 4 is 5.91 Å². The van der Waals surface area contributed by atoms with Crippen molar-refractivity contribution in [1.29, 1.82) is 0 Å². The van der Waals surface area contributed by atoms with E-state index in [4.69, 9.17) is 9.47 Å². The molecular weight excluding hydrogens is 366 g/mol. The summed E-state index contributed by atoms with van der Waals surface area (Å²) < 4.78 is 11.5. The van der Waals surface area contributed by atoms with Crippen molar-refractivity contribution in [2.24, 2.45) is 0 Å². The van der Waals surface area contributed by atoms with Crippen molar-refractivity contribution in [3.8, 4) is 17.4 Å². The van der Waals surface area contributed by atoms with Gasteiger partial charge in [-0.2, -0.15) is 0 Å². The van der Waals surface area contributed by atoms with Crippen LogP contribution in [0.25, 0.3) is 0 Å². The monoisotopic (exact) mass is 391 g/mol. The molecule has 3 rings (SSSR count). The van der Waals surface area contributed by atoms with E-state index in [1.807, 2.05) is 18.2 Å². The van der Waals surface area contributed by atoms with E-state index in [1.54, 1.807) is 42.9 Å². The van der Waals surface area contributed by atoms with Crippen molar-refractivity contribution < 1.29 is 14.3 Å². The molecule has 0 atom stereocenters. The second-order valence-electron chi connectivity index (χ2n) is 7.53. The Labute approximate surface area is 170 Å². The van der Waals surface area contributed by atoms with Gasteiger partial charge in [0.15, 0.2) is 0 Å². The molecule has 0 aliphatic heterocycles. The van der Waals surface area contributed by atoms with E-state index >= 15 is 0 Å². The number of aromatic nitrogens is 2. The molecule has 6 nitrogen and oxygen atoms in total. The molecule has 0 bridgehead atoms. The molecule has 2 aromatic heterocycles. The second-order valence-corrected chi connectivity index (χ2v) is 7.53. The van der Waals surface area contributed by atoms with Gasteiger partial charge in [0.2, 0.25) is 5.88 Å². The number of amides is 1. The first-order valence-electron chi connectivity index (χ1n) is 9.48. The van der Waals surface area contributed by atoms with Crippen molar-refractivity contribution in [3.63, 3.8) is 0 Å². The van der Waals surface area contributed by atoms with Crippen LogP contribution in [-0.4, -0.2) is 29.0 Å². The van der Waals surface area contributed by atoms with Gasteiger partial charge in [-0.15, -0.1) is 0 Å². The van der Waals surface area contributed by atoms with Crippen LogP contribution in [0.1, 0.15) is 36.7 Å². The molecule has 1 amide bonds. The van der Waals surface area contributed by atoms with Crippen LogP contribution in [0.2, 0.25) is 0 Å². The molecule has 0 aliphatic rings. The number of nitrogens with one attached hydrogen (secondary N) is 1. The Bertz CT molecular complexity index is 953. The Balaban J connectivity index is 1.55. The fourth-order valence-corrected chi connectivity index (χ4v) is 2.65. The minimum atomic E-state index is -0.274. The van der Waals surface area contributed by atoms with Crippen LogP contribution in [0.4, 0.5) is 0 Å². The number of pyridine rings is 2. The van der Waals surface area contributed by atoms with Crippen LogP contribution in [-0.2, 0) is 5.41 Å². The lowest BCUT2D eigenvalue weighted by molar-refractivity contribution is 0.0944. The van der Waals surface area contributed by atoms with Crippen LogP contribution in [0.15, 0.2) is 67.1 Å². The third-order valence-electron chi connectivity index (χ3n) is 4.22. The summed E-state index contributed by atoms with van der Waals surface area (Å²) in [5, 5.41) is 2.84. The number of ether oxygens (including phenoxy) is 2. The Morgan fingerprint density at radius 1 is 1.03 bits per heavy atom. The molecule has 29 heavy (non-hydrogen) atoms. The van der Waals surface area contributed by atoms with Gasteiger partial charge in [0.1, 0.15) is 23.7 Å². The summed E-state index contributed by atoms with van der Waals surface area (Å²) in [5.41, 5.74) is 1.61. The van der Waals surface area contributed by atoms with Gasteiger partial charge in [-0.1, -0.05) is 32.9 Å². The lowest BCUT2D eigenvalue weighted by atomic mass is 9.87. The van der Waals surface area contributed by atoms with Gasteiger partial charge >= 0.3 is 0 Å². The first-order chi connectivity index (χ1) is 13.9. The average molecular weight is 391 g/mol. The van der Waals surface area contributed by atoms with Gasteiger partial charge in [-0.05, 0) is 47.4 Å². The Morgan fingerprint density at radius 3 is 2.59 bits per heavy atom. The van der Waals surface area contributed by atoms with Crippen molar-refractivity contribution in [3.05, 3.63) is 78.2 Å². The summed E-state index contributed by atoms with van der Waals surface area (Å²) >= 11 is 0. The predicted octanol–water partition coefficient (Wildman–Crippen LogP) is 4.38. The molecule has 3 aromatic rings. The summed E-state index contributed by atoms with van der Waals surface area (Å²) in [6.45, 7) is 7.19. The summed E-state index contributed by atoms with van der Waals surface area (Å²) in [4.78, 5) is 20.7. The molecule has 6 heteroatoms. The van der Waals surface area contributed by atoms with Gasteiger partial charge < -0.3 is 14.8 Å². The number of benzene rings is 1. The van der Waals surface area contributed by atoms with Crippen LogP contribution in [0.5, 0.6) is 17.4 Å². The number of carbonyl (C=O) groups is 1. The summed E-state index contributed by atoms with van der Waals surface area (Å²) in [6, 6.07) is 14.9. The highest BCUT2D eigenvalue weighted by Crippen LogP contribution is 2.25. The molecule has 0 spiro atoms. The third kappa shape index (κ3) is 5.78. The quantitative estimate of drug-likeness (QED) is 0.605. The van der Waals surface area contributed by atoms with Crippen LogP contribution in [0, 0.1) is 0 Å². The number of nitrogens with zero attached hydrogens (tertiary/aromatic N) is 2. The smallest absolute Gasteiger partial charge is 0.256 e. The van der Waals surface area contributed by atoms with E-state index in [0.29, 0.717) is 24.5 Å². The summed E-state index contributed by atoms with van der Waals surface area (Å²) in [5.74, 6) is 1.26. The normalized spacial score (nSPS) is 11.0. The summed E-state index contributed by atoms with van der Waals surface area (Å²) in [7, 11) is 0. The van der Waals surface area contributed by atoms with Gasteiger partial charge in [0, 0.05) is 12.4 Å². The zero-order valence-corrected chi connectivity index (χ0v) is 16.9. The number of hydrogen-bond acceptors (Lipinski definition) is 5. The number of hydrogen-bond donors (Lipinski definition) is 1. The molecule has 0 saturated heterocycles. The van der Waals surface area contributed by atoms with Crippen LogP contribution in [0.3, 0.4) is 0 Å². The first kappa shape index (κ1) is 20.3. The number of carbonyl (C=O) groups excluding carboxylic acids is 1. The van der Waals surface area contributed by atoms with Crippen molar-refractivity contribution in [2.75, 3.05) is 13.2 Å². The highest BCUT2D eigenvalue weighted by Gasteiger charge is 2.15. The van der Waals surface area contributed by atoms with E-state index in [1.165, 1.54) is 5.56 Å². The molecule has 1 aromatic carbocycles. The lowest BCUT2D eigenvalue weighted by Gasteiger charge is -2.19. The van der Waals surface area contributed by atoms with E-state index in [-0.39, 0.29) is 17.2 Å². The maximum atomic E-state index is 12.6. The molecule has 150 valence electrons. The van der Waals surface area contributed by atoms with Gasteiger partial charge in [0.05, 0.1) is 12.7 Å². The zero-order chi connectivity index (χ0) is 20.7. The van der Waals surface area contributed by atoms with Gasteiger partial charge in [-0.25, -0.2) is 4.98 Å². The topological polar surface area (TPSA) is 73.3 Å². The molecule has 0 radical (unpaired) electrons. The SMILES string of the molecule is CC(C)(C)c1cccc(OCCNC(=O)c2cccnc2Oc2cccnc2)c1. The highest BCUT2D eigenvalue weighted by atomic mass is 16.5. The maximum absolute atomic E-state index is 12.6. The fraction of sp³-hybridized carbons (Fsp3) is 0.261. The minimum absolute atomic E-state index is 0.0541. The van der Waals surface area contributed by atoms with Gasteiger partial charge in [-0.3, -0.25) is 9.78 Å². The molecule has 0 fully saturated rings. The lowest BCUT2D eigenvalue weighted by Crippen LogP contribution is -2.28. The predicted molar refractivity (Wildman–Crippen MR) is 112 cm³/mol. The zero-order valence-electron chi connectivity index (χ0n) is 16.9. The molecule has 0 saturated carbocycles. The molecule has 0 unspecified atom stereocenters. The first-order valence-corrected chi connectivity index (χ1v) is 9.48. The number of rotatable bonds is 7. The van der Waals surface area contributed by atoms with E-state index in [0.717, 1.165) is 5.75 Å². The summed E-state index contributed by atoms with van der Waals surface area (Å²) in [6.07, 6.45) is 4.79. The molecule has 0 aliphatic carbocycles. The maximum Gasteiger partial charge on any atom is 0.256 e. The Morgan fingerprint density at radius 2 is 1.83 bits per heavy atom. The van der Waals surface area contributed by atoms with Crippen LogP contribution >= 0.6 is 0 Å². The largest absolute Gasteiger partial charge is 0.492 e. The second kappa shape index (κ2) is 9.19. The van der Waals surface area contributed by atoms with Crippen molar-refractivity contribution in [1.82, 2.24) is 15.3 Å². The van der Waals surface area contributed by atoms with E-state index in [9.17, 15) is 4.79 Å². The van der Waals surface area contributed by atoms with E-state index < -0.39 is 0 Å². The average Bonchev–Trinajstić information content (AvgIpc) is 2.72. The molecular formula is C23H25N3O3. The molecule has 2 heterocycles. The van der Waals surface area contributed by atoms with Crippen LogP contribution < -0.4 is 14.8 Å².